The van der Waals surface area contributed by atoms with E-state index in [4.69, 9.17) is 48.2 Å². The number of phosphoric ester groups is 1. The number of imidazole rings is 1. The molecule has 20 N–H and O–H groups in total. The van der Waals surface area contributed by atoms with E-state index in [0.717, 1.165) is 28.0 Å². The topological polar surface area (TPSA) is 459 Å². The molecular weight excluding hydrogens is 1180 g/mol. The van der Waals surface area contributed by atoms with Crippen LogP contribution in [0, 0.1) is 59.2 Å². The molecule has 0 radical (unpaired) electrons. The lowest BCUT2D eigenvalue weighted by Crippen LogP contribution is -2.64. The van der Waals surface area contributed by atoms with Crippen molar-refractivity contribution in [2.75, 3.05) is 13.2 Å². The summed E-state index contributed by atoms with van der Waals surface area (Å²) in [6, 6.07) is 1.17. The van der Waals surface area contributed by atoms with Gasteiger partial charge in [0.05, 0.1) is 36.1 Å². The summed E-state index contributed by atoms with van der Waals surface area (Å²) < 4.78 is 32.3. The second kappa shape index (κ2) is 25.9. The van der Waals surface area contributed by atoms with Gasteiger partial charge in [-0.2, -0.15) is 0 Å². The van der Waals surface area contributed by atoms with Gasteiger partial charge in [0.1, 0.15) is 18.3 Å². The van der Waals surface area contributed by atoms with Crippen LogP contribution in [0.1, 0.15) is 150 Å². The summed E-state index contributed by atoms with van der Waals surface area (Å²) in [4.78, 5) is 109. The van der Waals surface area contributed by atoms with Gasteiger partial charge in [-0.3, -0.25) is 42.6 Å². The monoisotopic (exact) mass is 1280 g/mol. The molecule has 498 valence electrons. The molecule has 3 unspecified atom stereocenters. The number of nitrogens with one attached hydrogen (secondary N) is 5. The van der Waals surface area contributed by atoms with E-state index in [1.54, 1.807) is 4.57 Å². The van der Waals surface area contributed by atoms with Gasteiger partial charge in [0.25, 0.3) is 0 Å². The van der Waals surface area contributed by atoms with Crippen LogP contribution in [-0.4, -0.2) is 133 Å². The zero-order chi connectivity index (χ0) is 66.7. The second-order valence-corrected chi connectivity index (χ2v) is 29.2. The minimum atomic E-state index is -5.05. The van der Waals surface area contributed by atoms with Crippen LogP contribution in [0.5, 0.6) is 0 Å². The first-order valence-corrected chi connectivity index (χ1v) is 32.6. The minimum Gasteiger partial charge on any atom is -0.394 e. The Hall–Kier alpha value is -6.45. The average molecular weight is 1280 g/mol. The number of hydrogen-bond donors (Lipinski definition) is 14. The number of rotatable bonds is 26. The lowest BCUT2D eigenvalue weighted by Gasteiger charge is -2.49. The van der Waals surface area contributed by atoms with E-state index < -0.39 is 156 Å². The van der Waals surface area contributed by atoms with Gasteiger partial charge in [-0.1, -0.05) is 34.6 Å². The first-order chi connectivity index (χ1) is 41.8. The number of hydrogen-bond acceptors (Lipinski definition) is 18. The highest BCUT2D eigenvalue weighted by Crippen LogP contribution is 2.62. The number of benzene rings is 1. The van der Waals surface area contributed by atoms with E-state index >= 15 is 0 Å². The Labute approximate surface area is 525 Å². The first-order valence-electron chi connectivity index (χ1n) is 31.1. The molecule has 1 aromatic heterocycles. The van der Waals surface area contributed by atoms with Crippen molar-refractivity contribution in [1.82, 2.24) is 36.1 Å². The maximum absolute atomic E-state index is 14.4. The molecule has 1 aromatic carbocycles. The first kappa shape index (κ1) is 69.4. The molecular formula is C62H96N13O14P. The number of ether oxygens (including phenoxy) is 1. The van der Waals surface area contributed by atoms with Crippen molar-refractivity contribution in [2.45, 2.75) is 207 Å². The van der Waals surface area contributed by atoms with Crippen molar-refractivity contribution in [2.24, 2.45) is 79.7 Å². The highest BCUT2D eigenvalue weighted by Gasteiger charge is 2.68. The number of aliphatic hydroxyl groups excluding tert-OH is 2. The number of aliphatic hydroxyl groups is 2. The Morgan fingerprint density at radius 1 is 0.744 bits per heavy atom. The van der Waals surface area contributed by atoms with Crippen molar-refractivity contribution >= 4 is 60.2 Å². The van der Waals surface area contributed by atoms with E-state index in [0.29, 0.717) is 28.8 Å². The van der Waals surface area contributed by atoms with Crippen molar-refractivity contribution in [3.63, 3.8) is 0 Å². The highest BCUT2D eigenvalue weighted by atomic mass is 31.2. The van der Waals surface area contributed by atoms with Crippen LogP contribution >= 0.6 is 7.82 Å². The van der Waals surface area contributed by atoms with Gasteiger partial charge in [-0.15, -0.1) is 0 Å². The van der Waals surface area contributed by atoms with Crippen LogP contribution < -0.4 is 61.0 Å². The van der Waals surface area contributed by atoms with Crippen molar-refractivity contribution < 1.29 is 67.0 Å². The summed E-state index contributed by atoms with van der Waals surface area (Å²) in [5, 5.41) is 40.2. The van der Waals surface area contributed by atoms with Crippen molar-refractivity contribution in [1.29, 1.82) is 0 Å². The fourth-order valence-electron chi connectivity index (χ4n) is 16.7. The molecule has 90 heavy (non-hydrogen) atoms. The minimum absolute atomic E-state index is 0.0183. The maximum Gasteiger partial charge on any atom is 0.472 e. The number of carbonyl (C=O) groups excluding carboxylic acids is 7. The predicted molar refractivity (Wildman–Crippen MR) is 332 cm³/mol. The number of aromatic nitrogens is 2. The molecule has 7 heterocycles. The van der Waals surface area contributed by atoms with Crippen LogP contribution in [-0.2, 0) is 51.9 Å². The number of amides is 7. The van der Waals surface area contributed by atoms with E-state index in [1.165, 1.54) is 13.3 Å². The number of phosphoric acid groups is 1. The molecule has 18 atom stereocenters. The number of nitrogens with two attached hydrogens (primary N) is 6. The van der Waals surface area contributed by atoms with Crippen LogP contribution in [0.3, 0.4) is 0 Å². The van der Waals surface area contributed by atoms with Crippen LogP contribution in [0.2, 0.25) is 0 Å². The molecule has 0 saturated carbocycles. The van der Waals surface area contributed by atoms with E-state index in [2.05, 4.69) is 51.5 Å². The number of nitrogens with zero attached hydrogens (tertiary/aromatic N) is 2. The molecule has 27 nitrogen and oxygen atoms in total. The summed E-state index contributed by atoms with van der Waals surface area (Å²) in [5.74, 6) is -6.20. The molecule has 6 aliphatic heterocycles. The number of allylic oxidation sites excluding steroid dienone is 3. The Morgan fingerprint density at radius 3 is 1.91 bits per heavy atom. The Bertz CT molecular complexity index is 3330. The second-order valence-electron chi connectivity index (χ2n) is 27.9. The van der Waals surface area contributed by atoms with E-state index in [1.807, 2.05) is 67.5 Å². The van der Waals surface area contributed by atoms with Gasteiger partial charge in [-0.05, 0) is 125 Å². The molecule has 2 aromatic rings. The number of carbonyl (C=O) groups is 7. The zero-order valence-electron chi connectivity index (χ0n) is 53.6. The van der Waals surface area contributed by atoms with E-state index in [9.17, 15) is 53.2 Å². The smallest absolute Gasteiger partial charge is 0.394 e. The molecule has 28 heteroatoms. The summed E-state index contributed by atoms with van der Waals surface area (Å²) in [6.45, 7) is 20.1. The van der Waals surface area contributed by atoms with Gasteiger partial charge < -0.3 is 85.4 Å². The van der Waals surface area contributed by atoms with Crippen molar-refractivity contribution in [3.05, 3.63) is 63.9 Å². The fraction of sp³-hybridized carbons (Fsp3) is 0.677. The Balaban J connectivity index is 1.18. The summed E-state index contributed by atoms with van der Waals surface area (Å²) >= 11 is 0. The van der Waals surface area contributed by atoms with Gasteiger partial charge in [0, 0.05) is 120 Å². The fourth-order valence-corrected chi connectivity index (χ4v) is 17.8. The van der Waals surface area contributed by atoms with Crippen LogP contribution in [0.25, 0.3) is 11.0 Å². The van der Waals surface area contributed by atoms with Crippen LogP contribution in [0.4, 0.5) is 0 Å². The third kappa shape index (κ3) is 13.2. The third-order valence-corrected chi connectivity index (χ3v) is 22.8. The molecule has 7 amide bonds. The normalized spacial score (nSPS) is 36.7. The van der Waals surface area contributed by atoms with Crippen molar-refractivity contribution in [3.8, 4) is 0 Å². The quantitative estimate of drug-likeness (QED) is 0.0596. The summed E-state index contributed by atoms with van der Waals surface area (Å²) in [6.07, 6.45) is -3.15. The molecule has 8 bridgehead atoms. The predicted octanol–water partition coefficient (Wildman–Crippen LogP) is 1.71. The van der Waals surface area contributed by atoms with Gasteiger partial charge in [-0.25, -0.2) is 9.55 Å². The largest absolute Gasteiger partial charge is 0.472 e. The van der Waals surface area contributed by atoms with Crippen LogP contribution in [0.15, 0.2) is 52.8 Å². The average Bonchev–Trinajstić information content (AvgIpc) is 1.53. The number of aryl methyl sites for hydroxylation is 2. The standard InChI is InChI=1S/C62H96N13O14P/c1-29-20-39-40(21-30(29)2)75(28-70-39)57-52(84)53(41(27-76)87-57)89-90(85,86)88-31(3)26-69-49(83)18-19-59(8)37(22-46(66)80)56-62(11)61(10,25-48(68)82)36(14-17-45(65)79)51(74-62)33(5)55-60(9,24-47(67)81)34(12-15-43(63)77)38(71-55)23-42-58(6,7)35(13-16-44(64)78)50(72-42)32(4)54(59)73-56/h20-21,23,28,31,34-38,41,50-53,56-57,71-74,76,84H,12-19,22,24-27H2,1-11H3,(H2,63,77)(H2,64,78)(H2,65,79)(H2,66,80)(H2,67,81)(H2,68,82)(H,69,83)(H,85,86)/b42-23-,54-32-,55-33-/t31-,34-,35-,36-,37+,38+,41-,50?,51?,52-,53-,56-,57+,59-,60+,61+,62+/m1/s1. The summed E-state index contributed by atoms with van der Waals surface area (Å²) in [5.41, 5.74) is 37.8. The lowest BCUT2D eigenvalue weighted by molar-refractivity contribution is -0.124. The third-order valence-electron chi connectivity index (χ3n) is 21.7. The molecule has 5 fully saturated rings. The zero-order valence-corrected chi connectivity index (χ0v) is 54.5. The lowest BCUT2D eigenvalue weighted by atomic mass is 9.56. The van der Waals surface area contributed by atoms with Gasteiger partial charge in [0.2, 0.25) is 41.4 Å². The molecule has 0 aliphatic carbocycles. The molecule has 0 spiro atoms. The van der Waals surface area contributed by atoms with Gasteiger partial charge in [0.15, 0.2) is 6.23 Å². The van der Waals surface area contributed by atoms with Gasteiger partial charge >= 0.3 is 7.82 Å². The summed E-state index contributed by atoms with van der Waals surface area (Å²) in [7, 11) is -5.05. The number of fused-ring (bicyclic) bond motifs is 10. The Kier molecular flexibility index (Phi) is 20.0. The Morgan fingerprint density at radius 2 is 1.32 bits per heavy atom. The highest BCUT2D eigenvalue weighted by molar-refractivity contribution is 7.47. The maximum atomic E-state index is 14.4. The van der Waals surface area contributed by atoms with E-state index in [-0.39, 0.29) is 76.7 Å². The molecule has 8 rings (SSSR count). The molecule has 5 saturated heterocycles. The number of primary amides is 6. The molecule has 6 aliphatic rings. The SMILES string of the molecule is C/C1=C2/N[C@H]([C@H](CC(N)=O)[C@@]2(C)CCC(=O)NC[C@@H](C)OP(=O)(O)O[C@H]2[C@@H](O)[C@@H](n3cnc4cc(C)c(C)cc43)O[C@@H]2CO)[C@]2(C)NC(/C(C)=C3\N[C@@H](/C=C4\NC1[C@@H](CCC(N)=O)C4(C)C)[C@@H](CCC(N)=O)[C@]3(C)CC(N)=O)[C@@H](CCC(N)=O)[C@]2(C)CC(N)=O.